The fourth-order valence-electron chi connectivity index (χ4n) is 1.53. The fourth-order valence-corrected chi connectivity index (χ4v) is 1.53. The number of alkyl halides is 3. The lowest BCUT2D eigenvalue weighted by Gasteiger charge is -2.10. The van der Waals surface area contributed by atoms with Gasteiger partial charge in [0, 0.05) is 0 Å². The van der Waals surface area contributed by atoms with Crippen LogP contribution in [0.3, 0.4) is 0 Å². The Morgan fingerprint density at radius 2 is 2.11 bits per heavy atom. The van der Waals surface area contributed by atoms with Gasteiger partial charge in [0.2, 0.25) is 0 Å². The van der Waals surface area contributed by atoms with Crippen LogP contribution in [0.1, 0.15) is 27.9 Å². The van der Waals surface area contributed by atoms with Gasteiger partial charge >= 0.3 is 12.1 Å². The normalized spacial score (nSPS) is 12.0. The molecule has 6 heteroatoms. The van der Waals surface area contributed by atoms with Crippen molar-refractivity contribution in [2.45, 2.75) is 12.6 Å². The topological polar surface area (TPSA) is 49.3 Å². The number of benzene rings is 1. The van der Waals surface area contributed by atoms with Crippen molar-refractivity contribution in [2.24, 2.45) is 0 Å². The molecule has 0 aliphatic carbocycles. The van der Waals surface area contributed by atoms with Crippen LogP contribution in [0.5, 0.6) is 0 Å². The predicted octanol–water partition coefficient (Wildman–Crippen LogP) is 3.03. The second-order valence-corrected chi connectivity index (χ2v) is 3.90. The Hall–Kier alpha value is -1.82. The number of halogens is 3. The van der Waals surface area contributed by atoms with Gasteiger partial charge in [-0.1, -0.05) is 18.2 Å². The molecule has 0 aromatic heterocycles. The highest BCUT2D eigenvalue weighted by Gasteiger charge is 2.35. The molecule has 0 unspecified atom stereocenters. The van der Waals surface area contributed by atoms with Crippen LogP contribution in [0.25, 0.3) is 6.08 Å². The van der Waals surface area contributed by atoms with Gasteiger partial charge in [0.25, 0.3) is 0 Å². The molecule has 0 heterocycles. The second kappa shape index (κ2) is 6.38. The lowest BCUT2D eigenvalue weighted by atomic mass is 10.0. The smallest absolute Gasteiger partial charge is 0.417 e. The molecule has 3 nitrogen and oxygen atoms in total. The van der Waals surface area contributed by atoms with E-state index >= 15 is 0 Å². The van der Waals surface area contributed by atoms with Crippen molar-refractivity contribution in [1.29, 1.82) is 0 Å². The zero-order valence-electron chi connectivity index (χ0n) is 10.3. The number of carboxylic acid groups (broad SMARTS) is 1. The molecule has 0 fully saturated rings. The maximum absolute atomic E-state index is 12.7. The summed E-state index contributed by atoms with van der Waals surface area (Å²) in [5.41, 5.74) is -1.54. The number of nitrogens with one attached hydrogen (secondary N) is 1. The van der Waals surface area contributed by atoms with Crippen molar-refractivity contribution in [3.63, 3.8) is 0 Å². The highest BCUT2D eigenvalue weighted by molar-refractivity contribution is 5.90. The molecule has 19 heavy (non-hydrogen) atoms. The first-order valence-electron chi connectivity index (χ1n) is 5.62. The van der Waals surface area contributed by atoms with Gasteiger partial charge in [-0.05, 0) is 37.7 Å². The minimum Gasteiger partial charge on any atom is -0.478 e. The minimum absolute atomic E-state index is 0.327. The average Bonchev–Trinajstić information content (AvgIpc) is 2.33. The summed E-state index contributed by atoms with van der Waals surface area (Å²) in [6.07, 6.45) is -0.730. The monoisotopic (exact) mass is 273 g/mol. The summed E-state index contributed by atoms with van der Waals surface area (Å²) >= 11 is 0. The Bertz CT molecular complexity index is 481. The van der Waals surface area contributed by atoms with Crippen LogP contribution in [0.4, 0.5) is 13.2 Å². The first-order valence-corrected chi connectivity index (χ1v) is 5.62. The van der Waals surface area contributed by atoms with Crippen molar-refractivity contribution in [3.8, 4) is 0 Å². The van der Waals surface area contributed by atoms with Crippen molar-refractivity contribution in [3.05, 3.63) is 41.0 Å². The fraction of sp³-hybridized carbons (Fsp3) is 0.308. The minimum atomic E-state index is -4.68. The summed E-state index contributed by atoms with van der Waals surface area (Å²) < 4.78 is 38.2. The predicted molar refractivity (Wildman–Crippen MR) is 66.0 cm³/mol. The first kappa shape index (κ1) is 15.2. The van der Waals surface area contributed by atoms with E-state index in [2.05, 4.69) is 5.32 Å². The van der Waals surface area contributed by atoms with Gasteiger partial charge in [-0.2, -0.15) is 13.2 Å². The molecule has 2 N–H and O–H groups in total. The summed E-state index contributed by atoms with van der Waals surface area (Å²) in [6.45, 7) is 0.718. The second-order valence-electron chi connectivity index (χ2n) is 3.90. The van der Waals surface area contributed by atoms with E-state index in [1.165, 1.54) is 12.1 Å². The van der Waals surface area contributed by atoms with Crippen molar-refractivity contribution < 1.29 is 23.1 Å². The van der Waals surface area contributed by atoms with Gasteiger partial charge in [-0.3, -0.25) is 0 Å². The van der Waals surface area contributed by atoms with Gasteiger partial charge < -0.3 is 10.4 Å². The molecule has 0 amide bonds. The summed E-state index contributed by atoms with van der Waals surface area (Å²) in [4.78, 5) is 10.8. The summed E-state index contributed by atoms with van der Waals surface area (Å²) in [6, 6.07) is 3.18. The maximum atomic E-state index is 12.7. The Labute approximate surface area is 108 Å². The molecule has 0 aliphatic heterocycles. The molecule has 0 spiro atoms. The van der Waals surface area contributed by atoms with Gasteiger partial charge in [0.15, 0.2) is 0 Å². The molecule has 1 aromatic carbocycles. The Morgan fingerprint density at radius 3 is 2.63 bits per heavy atom. The number of carbonyl (C=O) groups is 1. The lowest BCUT2D eigenvalue weighted by molar-refractivity contribution is -0.138. The van der Waals surface area contributed by atoms with Crippen molar-refractivity contribution in [1.82, 2.24) is 5.32 Å². The number of aromatic carboxylic acids is 1. The van der Waals surface area contributed by atoms with Crippen LogP contribution in [0.15, 0.2) is 24.3 Å². The first-order chi connectivity index (χ1) is 8.86. The average molecular weight is 273 g/mol. The van der Waals surface area contributed by atoms with Crippen LogP contribution in [0, 0.1) is 0 Å². The molecule has 104 valence electrons. The van der Waals surface area contributed by atoms with Crippen molar-refractivity contribution in [2.75, 3.05) is 13.6 Å². The lowest BCUT2D eigenvalue weighted by Crippen LogP contribution is -2.13. The Balaban J connectivity index is 3.05. The molecule has 0 radical (unpaired) electrons. The third-order valence-corrected chi connectivity index (χ3v) is 2.45. The van der Waals surface area contributed by atoms with Crippen LogP contribution >= 0.6 is 0 Å². The molecule has 0 saturated heterocycles. The van der Waals surface area contributed by atoms with E-state index in [1.54, 1.807) is 13.1 Å². The molecule has 0 saturated carbocycles. The highest BCUT2D eigenvalue weighted by Crippen LogP contribution is 2.33. The summed E-state index contributed by atoms with van der Waals surface area (Å²) in [5.74, 6) is -1.59. The van der Waals surface area contributed by atoms with Gasteiger partial charge in [0.1, 0.15) is 0 Å². The van der Waals surface area contributed by atoms with Crippen LogP contribution in [-0.2, 0) is 6.18 Å². The van der Waals surface area contributed by atoms with Crippen molar-refractivity contribution >= 4 is 12.0 Å². The van der Waals surface area contributed by atoms with E-state index in [4.69, 9.17) is 5.11 Å². The van der Waals surface area contributed by atoms with E-state index in [1.807, 2.05) is 0 Å². The summed E-state index contributed by atoms with van der Waals surface area (Å²) in [5, 5.41) is 11.6. The van der Waals surface area contributed by atoms with Crippen LogP contribution in [0.2, 0.25) is 0 Å². The zero-order valence-corrected chi connectivity index (χ0v) is 10.3. The molecular formula is C13H14F3NO2. The molecule has 0 atom stereocenters. The molecule has 1 rings (SSSR count). The van der Waals surface area contributed by atoms with E-state index in [0.717, 1.165) is 18.7 Å². The zero-order chi connectivity index (χ0) is 14.5. The van der Waals surface area contributed by atoms with Crippen LogP contribution < -0.4 is 5.32 Å². The third-order valence-electron chi connectivity index (χ3n) is 2.45. The molecule has 1 aromatic rings. The van der Waals surface area contributed by atoms with E-state index in [9.17, 15) is 18.0 Å². The van der Waals surface area contributed by atoms with E-state index in [-0.39, 0.29) is 0 Å². The van der Waals surface area contributed by atoms with Gasteiger partial charge in [0.05, 0.1) is 11.1 Å². The van der Waals surface area contributed by atoms with Gasteiger partial charge in [-0.25, -0.2) is 4.79 Å². The van der Waals surface area contributed by atoms with Crippen LogP contribution in [-0.4, -0.2) is 24.7 Å². The molecular weight excluding hydrogens is 259 g/mol. The Kier molecular flexibility index (Phi) is 5.11. The number of rotatable bonds is 5. The largest absolute Gasteiger partial charge is 0.478 e. The molecule has 0 aliphatic rings. The quantitative estimate of drug-likeness (QED) is 0.811. The summed E-state index contributed by atoms with van der Waals surface area (Å²) in [7, 11) is 1.78. The van der Waals surface area contributed by atoms with Gasteiger partial charge in [-0.15, -0.1) is 0 Å². The van der Waals surface area contributed by atoms with E-state index < -0.39 is 23.3 Å². The number of hydrogen-bond acceptors (Lipinski definition) is 2. The molecule has 0 bridgehead atoms. The van der Waals surface area contributed by atoms with E-state index in [0.29, 0.717) is 12.0 Å². The standard InChI is InChI=1S/C13H14F3NO2/c1-17-7-3-2-4-9-5-6-10(12(18)19)11(8-9)13(14,15)16/h2,4-6,8,17H,3,7H2,1H3,(H,18,19). The number of hydrogen-bond donors (Lipinski definition) is 2. The SMILES string of the molecule is CNCCC=Cc1ccc(C(=O)O)c(C(F)(F)F)c1. The highest BCUT2D eigenvalue weighted by atomic mass is 19.4. The number of carboxylic acids is 1. The maximum Gasteiger partial charge on any atom is 0.417 e. The Morgan fingerprint density at radius 1 is 1.42 bits per heavy atom. The third kappa shape index (κ3) is 4.40.